The van der Waals surface area contributed by atoms with E-state index in [-0.39, 0.29) is 21.5 Å². The molecule has 20 heavy (non-hydrogen) atoms. The molecule has 0 aliphatic carbocycles. The van der Waals surface area contributed by atoms with Crippen LogP contribution in [-0.2, 0) is 6.42 Å². The summed E-state index contributed by atoms with van der Waals surface area (Å²) in [6.45, 7) is 6.25. The normalized spacial score (nSPS) is 11.7. The number of hydrogen-bond donors (Lipinski definition) is 0. The molecule has 0 saturated carbocycles. The fourth-order valence-corrected chi connectivity index (χ4v) is 2.52. The van der Waals surface area contributed by atoms with Gasteiger partial charge in [-0.05, 0) is 23.1 Å². The molecule has 0 radical (unpaired) electrons. The highest BCUT2D eigenvalue weighted by Crippen LogP contribution is 2.33. The van der Waals surface area contributed by atoms with Crippen molar-refractivity contribution in [2.75, 3.05) is 0 Å². The van der Waals surface area contributed by atoms with Gasteiger partial charge in [-0.25, -0.2) is 14.4 Å². The molecule has 0 atom stereocenters. The number of halogens is 3. The Kier molecular flexibility index (Phi) is 4.31. The van der Waals surface area contributed by atoms with Crippen molar-refractivity contribution in [2.24, 2.45) is 5.41 Å². The summed E-state index contributed by atoms with van der Waals surface area (Å²) in [5.41, 5.74) is 1.07. The maximum atomic E-state index is 13.3. The molecule has 0 amide bonds. The van der Waals surface area contributed by atoms with Gasteiger partial charge in [0.25, 0.3) is 0 Å². The van der Waals surface area contributed by atoms with E-state index in [0.29, 0.717) is 23.4 Å². The first-order valence-corrected chi connectivity index (χ1v) is 7.00. The van der Waals surface area contributed by atoms with Gasteiger partial charge in [-0.2, -0.15) is 0 Å². The number of hydrogen-bond acceptors (Lipinski definition) is 2. The molecule has 1 heterocycles. The van der Waals surface area contributed by atoms with Gasteiger partial charge in [0, 0.05) is 6.42 Å². The van der Waals surface area contributed by atoms with Crippen molar-refractivity contribution >= 4 is 23.2 Å². The second-order valence-corrected chi connectivity index (χ2v) is 6.56. The van der Waals surface area contributed by atoms with Gasteiger partial charge in [0.1, 0.15) is 21.9 Å². The predicted octanol–water partition coefficient (Wildman–Crippen LogP) is 5.18. The zero-order valence-electron chi connectivity index (χ0n) is 11.5. The quantitative estimate of drug-likeness (QED) is 0.714. The van der Waals surface area contributed by atoms with Gasteiger partial charge in [-0.15, -0.1) is 0 Å². The van der Waals surface area contributed by atoms with Crippen LogP contribution in [0.5, 0.6) is 0 Å². The Labute approximate surface area is 128 Å². The topological polar surface area (TPSA) is 25.8 Å². The second kappa shape index (κ2) is 5.66. The van der Waals surface area contributed by atoms with Gasteiger partial charge in [-0.3, -0.25) is 0 Å². The summed E-state index contributed by atoms with van der Waals surface area (Å²) in [5, 5.41) is 0.490. The fourth-order valence-electron chi connectivity index (χ4n) is 1.88. The molecule has 0 N–H and O–H groups in total. The number of rotatable bonds is 2. The van der Waals surface area contributed by atoms with Crippen molar-refractivity contribution in [3.63, 3.8) is 0 Å². The summed E-state index contributed by atoms with van der Waals surface area (Å²) in [6, 6.07) is 6.05. The first-order chi connectivity index (χ1) is 9.26. The SMILES string of the molecule is CC(C)(C)Cc1nc(Cl)c(-c2cccc(F)c2)c(Cl)n1. The van der Waals surface area contributed by atoms with E-state index in [1.807, 2.05) is 0 Å². The van der Waals surface area contributed by atoms with Crippen molar-refractivity contribution in [3.05, 3.63) is 46.2 Å². The first kappa shape index (κ1) is 15.2. The Morgan fingerprint density at radius 1 is 1.10 bits per heavy atom. The highest BCUT2D eigenvalue weighted by atomic mass is 35.5. The molecule has 0 fully saturated rings. The highest BCUT2D eigenvalue weighted by molar-refractivity contribution is 6.37. The third-order valence-corrected chi connectivity index (χ3v) is 3.22. The molecule has 1 aromatic carbocycles. The summed E-state index contributed by atoms with van der Waals surface area (Å²) in [7, 11) is 0. The summed E-state index contributed by atoms with van der Waals surface area (Å²) in [4.78, 5) is 8.55. The minimum atomic E-state index is -0.353. The largest absolute Gasteiger partial charge is 0.220 e. The predicted molar refractivity (Wildman–Crippen MR) is 80.6 cm³/mol. The molecule has 5 heteroatoms. The van der Waals surface area contributed by atoms with Crippen LogP contribution in [-0.4, -0.2) is 9.97 Å². The van der Waals surface area contributed by atoms with Gasteiger partial charge in [0.15, 0.2) is 0 Å². The number of nitrogens with zero attached hydrogens (tertiary/aromatic N) is 2. The van der Waals surface area contributed by atoms with Crippen LogP contribution < -0.4 is 0 Å². The minimum absolute atomic E-state index is 0.0348. The highest BCUT2D eigenvalue weighted by Gasteiger charge is 2.18. The lowest BCUT2D eigenvalue weighted by Gasteiger charge is -2.17. The van der Waals surface area contributed by atoms with E-state index in [0.717, 1.165) is 0 Å². The van der Waals surface area contributed by atoms with E-state index >= 15 is 0 Å². The summed E-state index contributed by atoms with van der Waals surface area (Å²) >= 11 is 12.4. The summed E-state index contributed by atoms with van der Waals surface area (Å²) in [6.07, 6.45) is 0.663. The van der Waals surface area contributed by atoms with Crippen LogP contribution in [0.25, 0.3) is 11.1 Å². The standard InChI is InChI=1S/C15H15Cl2FN2/c1-15(2,3)8-11-19-13(16)12(14(17)20-11)9-5-4-6-10(18)7-9/h4-7H,8H2,1-3H3. The summed E-state index contributed by atoms with van der Waals surface area (Å²) < 4.78 is 13.3. The summed E-state index contributed by atoms with van der Waals surface area (Å²) in [5.74, 6) is 0.237. The molecule has 0 bridgehead atoms. The Morgan fingerprint density at radius 2 is 1.70 bits per heavy atom. The van der Waals surface area contributed by atoms with Crippen molar-refractivity contribution in [1.29, 1.82) is 0 Å². The number of benzene rings is 1. The van der Waals surface area contributed by atoms with Crippen LogP contribution in [0.4, 0.5) is 4.39 Å². The zero-order valence-corrected chi connectivity index (χ0v) is 13.1. The van der Waals surface area contributed by atoms with E-state index in [2.05, 4.69) is 30.7 Å². The molecule has 106 valence electrons. The van der Waals surface area contributed by atoms with E-state index in [9.17, 15) is 4.39 Å². The molecule has 0 aliphatic rings. The van der Waals surface area contributed by atoms with Crippen molar-refractivity contribution in [3.8, 4) is 11.1 Å². The monoisotopic (exact) mass is 312 g/mol. The van der Waals surface area contributed by atoms with Gasteiger partial charge in [0.2, 0.25) is 0 Å². The van der Waals surface area contributed by atoms with E-state index in [1.54, 1.807) is 12.1 Å². The average molecular weight is 313 g/mol. The molecule has 0 unspecified atom stereocenters. The Hall–Kier alpha value is -1.19. The zero-order chi connectivity index (χ0) is 14.9. The maximum Gasteiger partial charge on any atom is 0.142 e. The molecular weight excluding hydrogens is 298 g/mol. The van der Waals surface area contributed by atoms with Gasteiger partial charge >= 0.3 is 0 Å². The third kappa shape index (κ3) is 3.68. The van der Waals surface area contributed by atoms with Crippen LogP contribution in [0.1, 0.15) is 26.6 Å². The average Bonchev–Trinajstić information content (AvgIpc) is 2.25. The Balaban J connectivity index is 2.47. The van der Waals surface area contributed by atoms with Gasteiger partial charge < -0.3 is 0 Å². The second-order valence-electron chi connectivity index (χ2n) is 5.84. The smallest absolute Gasteiger partial charge is 0.142 e. The van der Waals surface area contributed by atoms with Crippen molar-refractivity contribution < 1.29 is 4.39 Å². The van der Waals surface area contributed by atoms with Crippen LogP contribution in [0.2, 0.25) is 10.3 Å². The molecule has 0 saturated heterocycles. The molecule has 0 spiro atoms. The lowest BCUT2D eigenvalue weighted by atomic mass is 9.92. The van der Waals surface area contributed by atoms with Crippen molar-refractivity contribution in [1.82, 2.24) is 9.97 Å². The third-order valence-electron chi connectivity index (χ3n) is 2.67. The van der Waals surface area contributed by atoms with E-state index < -0.39 is 0 Å². The lowest BCUT2D eigenvalue weighted by Crippen LogP contribution is -2.12. The molecule has 2 nitrogen and oxygen atoms in total. The van der Waals surface area contributed by atoms with Crippen LogP contribution in [0.15, 0.2) is 24.3 Å². The molecule has 2 rings (SSSR count). The van der Waals surface area contributed by atoms with E-state index in [4.69, 9.17) is 23.2 Å². The lowest BCUT2D eigenvalue weighted by molar-refractivity contribution is 0.400. The maximum absolute atomic E-state index is 13.3. The van der Waals surface area contributed by atoms with Crippen LogP contribution in [0, 0.1) is 11.2 Å². The van der Waals surface area contributed by atoms with Gasteiger partial charge in [0.05, 0.1) is 5.56 Å². The van der Waals surface area contributed by atoms with Crippen molar-refractivity contribution in [2.45, 2.75) is 27.2 Å². The van der Waals surface area contributed by atoms with Gasteiger partial charge in [-0.1, -0.05) is 56.1 Å². The van der Waals surface area contributed by atoms with Crippen LogP contribution in [0.3, 0.4) is 0 Å². The Morgan fingerprint density at radius 3 is 2.20 bits per heavy atom. The minimum Gasteiger partial charge on any atom is -0.220 e. The fraction of sp³-hybridized carbons (Fsp3) is 0.333. The first-order valence-electron chi connectivity index (χ1n) is 6.24. The van der Waals surface area contributed by atoms with E-state index in [1.165, 1.54) is 12.1 Å². The Bertz CT molecular complexity index is 613. The molecule has 1 aromatic heterocycles. The molecule has 2 aromatic rings. The molecule has 0 aliphatic heterocycles. The number of aromatic nitrogens is 2. The molecular formula is C15H15Cl2FN2. The van der Waals surface area contributed by atoms with Crippen LogP contribution >= 0.6 is 23.2 Å².